The fourth-order valence-corrected chi connectivity index (χ4v) is 2.42. The summed E-state index contributed by atoms with van der Waals surface area (Å²) in [7, 11) is 0. The molecule has 0 aromatic heterocycles. The Balaban J connectivity index is 1.93. The van der Waals surface area contributed by atoms with Crippen LogP contribution in [0.3, 0.4) is 0 Å². The largest absolute Gasteiger partial charge is 0.396 e. The van der Waals surface area contributed by atoms with Gasteiger partial charge in [-0.15, -0.1) is 0 Å². The Morgan fingerprint density at radius 2 is 1.89 bits per heavy atom. The summed E-state index contributed by atoms with van der Waals surface area (Å²) >= 11 is 0. The molecule has 0 saturated heterocycles. The molecule has 1 aliphatic rings. The molecule has 0 aromatic rings. The minimum absolute atomic E-state index is 0.346. The molecule has 3 atom stereocenters. The predicted molar refractivity (Wildman–Crippen MR) is 76.3 cm³/mol. The lowest BCUT2D eigenvalue weighted by Gasteiger charge is -1.99. The summed E-state index contributed by atoms with van der Waals surface area (Å²) in [6.07, 6.45) is 16.3. The highest BCUT2D eigenvalue weighted by Gasteiger charge is 2.34. The van der Waals surface area contributed by atoms with Crippen molar-refractivity contribution in [3.05, 3.63) is 24.3 Å². The van der Waals surface area contributed by atoms with Gasteiger partial charge in [0.25, 0.3) is 0 Å². The van der Waals surface area contributed by atoms with E-state index >= 15 is 0 Å². The van der Waals surface area contributed by atoms with Crippen LogP contribution >= 0.6 is 0 Å². The molecule has 1 fully saturated rings. The zero-order chi connectivity index (χ0) is 13.2. The number of aliphatic hydroxyl groups is 2. The van der Waals surface area contributed by atoms with Crippen molar-refractivity contribution in [1.82, 2.24) is 0 Å². The smallest absolute Gasteiger partial charge is 0.0695 e. The van der Waals surface area contributed by atoms with Gasteiger partial charge in [-0.1, -0.05) is 43.6 Å². The first-order chi connectivity index (χ1) is 8.74. The molecule has 2 heteroatoms. The van der Waals surface area contributed by atoms with Gasteiger partial charge in [0, 0.05) is 6.61 Å². The van der Waals surface area contributed by atoms with Gasteiger partial charge in [-0.05, 0) is 44.4 Å². The van der Waals surface area contributed by atoms with Crippen molar-refractivity contribution in [3.63, 3.8) is 0 Å². The molecular weight excluding hydrogens is 224 g/mol. The molecule has 0 heterocycles. The van der Waals surface area contributed by atoms with E-state index < -0.39 is 0 Å². The van der Waals surface area contributed by atoms with Gasteiger partial charge in [0.05, 0.1) is 6.10 Å². The standard InChI is InChI=1S/C16H28O2/c1-14(18)9-5-2-3-6-10-15-13-16(15)11-7-4-8-12-17/h2-3,5,9,14-18H,4,6-8,10-13H2,1H3/b3-2+,9-5+. The van der Waals surface area contributed by atoms with Crippen LogP contribution in [0, 0.1) is 11.8 Å². The van der Waals surface area contributed by atoms with Gasteiger partial charge in [0.1, 0.15) is 0 Å². The first kappa shape index (κ1) is 15.5. The molecule has 0 bridgehead atoms. The van der Waals surface area contributed by atoms with E-state index in [4.69, 9.17) is 10.2 Å². The maximum absolute atomic E-state index is 9.03. The molecule has 104 valence electrons. The van der Waals surface area contributed by atoms with Gasteiger partial charge >= 0.3 is 0 Å². The van der Waals surface area contributed by atoms with E-state index in [1.807, 2.05) is 12.2 Å². The van der Waals surface area contributed by atoms with Crippen molar-refractivity contribution in [1.29, 1.82) is 0 Å². The van der Waals surface area contributed by atoms with Crippen molar-refractivity contribution in [2.75, 3.05) is 6.61 Å². The maximum Gasteiger partial charge on any atom is 0.0695 e. The fourth-order valence-electron chi connectivity index (χ4n) is 2.42. The highest BCUT2D eigenvalue weighted by molar-refractivity contribution is 5.04. The first-order valence-electron chi connectivity index (χ1n) is 7.36. The van der Waals surface area contributed by atoms with Gasteiger partial charge < -0.3 is 10.2 Å². The third-order valence-corrected chi connectivity index (χ3v) is 3.64. The van der Waals surface area contributed by atoms with E-state index in [1.54, 1.807) is 13.0 Å². The number of rotatable bonds is 10. The number of hydrogen-bond acceptors (Lipinski definition) is 2. The molecule has 2 nitrogen and oxygen atoms in total. The lowest BCUT2D eigenvalue weighted by atomic mass is 10.1. The quantitative estimate of drug-likeness (QED) is 0.462. The van der Waals surface area contributed by atoms with Gasteiger partial charge in [0.2, 0.25) is 0 Å². The van der Waals surface area contributed by atoms with Crippen LogP contribution in [0.15, 0.2) is 24.3 Å². The minimum Gasteiger partial charge on any atom is -0.396 e. The highest BCUT2D eigenvalue weighted by atomic mass is 16.3. The highest BCUT2D eigenvalue weighted by Crippen LogP contribution is 2.45. The lowest BCUT2D eigenvalue weighted by molar-refractivity contribution is 0.244. The first-order valence-corrected chi connectivity index (χ1v) is 7.36. The third-order valence-electron chi connectivity index (χ3n) is 3.64. The summed E-state index contributed by atoms with van der Waals surface area (Å²) in [5.74, 6) is 1.91. The van der Waals surface area contributed by atoms with Crippen LogP contribution in [0.2, 0.25) is 0 Å². The summed E-state index contributed by atoms with van der Waals surface area (Å²) in [5, 5.41) is 17.7. The molecule has 0 amide bonds. The second kappa shape index (κ2) is 9.35. The Bertz CT molecular complexity index is 256. The lowest BCUT2D eigenvalue weighted by Crippen LogP contribution is -1.90. The van der Waals surface area contributed by atoms with Crippen LogP contribution in [-0.4, -0.2) is 22.9 Å². The molecule has 0 radical (unpaired) electrons. The SMILES string of the molecule is CC(O)/C=C/C=C/CCC1CC1CCCCCO. The Kier molecular flexibility index (Phi) is 8.03. The van der Waals surface area contributed by atoms with Crippen LogP contribution in [0.25, 0.3) is 0 Å². The van der Waals surface area contributed by atoms with E-state index in [1.165, 1.54) is 32.1 Å². The van der Waals surface area contributed by atoms with E-state index in [0.717, 1.165) is 24.7 Å². The summed E-state index contributed by atoms with van der Waals surface area (Å²) < 4.78 is 0. The van der Waals surface area contributed by atoms with Crippen molar-refractivity contribution in [3.8, 4) is 0 Å². The van der Waals surface area contributed by atoms with E-state index in [-0.39, 0.29) is 6.10 Å². The van der Waals surface area contributed by atoms with Crippen molar-refractivity contribution in [2.45, 2.75) is 58.0 Å². The van der Waals surface area contributed by atoms with Crippen molar-refractivity contribution >= 4 is 0 Å². The van der Waals surface area contributed by atoms with Crippen molar-refractivity contribution < 1.29 is 10.2 Å². The second-order valence-corrected chi connectivity index (χ2v) is 5.46. The van der Waals surface area contributed by atoms with Gasteiger partial charge in [-0.2, -0.15) is 0 Å². The maximum atomic E-state index is 9.03. The fraction of sp³-hybridized carbons (Fsp3) is 0.750. The van der Waals surface area contributed by atoms with E-state index in [2.05, 4.69) is 6.08 Å². The average molecular weight is 252 g/mol. The Labute approximate surface area is 111 Å². The normalized spacial score (nSPS) is 25.1. The Hall–Kier alpha value is -0.600. The summed E-state index contributed by atoms with van der Waals surface area (Å²) in [6.45, 7) is 2.11. The predicted octanol–water partition coefficient (Wildman–Crippen LogP) is 3.45. The molecule has 1 aliphatic carbocycles. The number of aliphatic hydroxyl groups excluding tert-OH is 2. The van der Waals surface area contributed by atoms with Gasteiger partial charge in [-0.25, -0.2) is 0 Å². The zero-order valence-corrected chi connectivity index (χ0v) is 11.6. The Morgan fingerprint density at radius 1 is 1.11 bits per heavy atom. The summed E-state index contributed by atoms with van der Waals surface area (Å²) in [4.78, 5) is 0. The van der Waals surface area contributed by atoms with Gasteiger partial charge in [0.15, 0.2) is 0 Å². The molecular formula is C16H28O2. The molecule has 0 aliphatic heterocycles. The molecule has 3 unspecified atom stereocenters. The van der Waals surface area contributed by atoms with Crippen LogP contribution in [0.4, 0.5) is 0 Å². The van der Waals surface area contributed by atoms with Crippen LogP contribution in [0.5, 0.6) is 0 Å². The monoisotopic (exact) mass is 252 g/mol. The van der Waals surface area contributed by atoms with E-state index in [0.29, 0.717) is 6.61 Å². The van der Waals surface area contributed by atoms with E-state index in [9.17, 15) is 0 Å². The molecule has 1 saturated carbocycles. The molecule has 18 heavy (non-hydrogen) atoms. The topological polar surface area (TPSA) is 40.5 Å². The van der Waals surface area contributed by atoms with Crippen LogP contribution < -0.4 is 0 Å². The summed E-state index contributed by atoms with van der Waals surface area (Å²) in [6, 6.07) is 0. The zero-order valence-electron chi connectivity index (χ0n) is 11.6. The van der Waals surface area contributed by atoms with Crippen LogP contribution in [0.1, 0.15) is 51.9 Å². The molecule has 1 rings (SSSR count). The third kappa shape index (κ3) is 7.67. The molecule has 0 aromatic carbocycles. The second-order valence-electron chi connectivity index (χ2n) is 5.46. The Morgan fingerprint density at radius 3 is 2.61 bits per heavy atom. The molecule has 0 spiro atoms. The number of unbranched alkanes of at least 4 members (excludes halogenated alkanes) is 2. The van der Waals surface area contributed by atoms with Crippen molar-refractivity contribution in [2.24, 2.45) is 11.8 Å². The average Bonchev–Trinajstić information content (AvgIpc) is 3.07. The minimum atomic E-state index is -0.346. The number of allylic oxidation sites excluding steroid dienone is 3. The molecule has 2 N–H and O–H groups in total. The van der Waals surface area contributed by atoms with Gasteiger partial charge in [-0.3, -0.25) is 0 Å². The van der Waals surface area contributed by atoms with Crippen LogP contribution in [-0.2, 0) is 0 Å². The summed E-state index contributed by atoms with van der Waals surface area (Å²) in [5.41, 5.74) is 0. The number of hydrogen-bond donors (Lipinski definition) is 2.